The third kappa shape index (κ3) is 5.14. The van der Waals surface area contributed by atoms with Crippen molar-refractivity contribution in [2.75, 3.05) is 19.6 Å². The third-order valence-corrected chi connectivity index (χ3v) is 5.35. The van der Waals surface area contributed by atoms with Crippen LogP contribution in [0.25, 0.3) is 0 Å². The largest absolute Gasteiger partial charge is 0.355 e. The van der Waals surface area contributed by atoms with Crippen LogP contribution in [0, 0.1) is 13.8 Å². The zero-order chi connectivity index (χ0) is 17.6. The Kier molecular flexibility index (Phi) is 6.24. The molecule has 2 aliphatic rings. The molecule has 25 heavy (non-hydrogen) atoms. The van der Waals surface area contributed by atoms with E-state index >= 15 is 0 Å². The van der Waals surface area contributed by atoms with Crippen LogP contribution in [0.1, 0.15) is 56.6 Å². The number of nitrogens with zero attached hydrogens (tertiary/aromatic N) is 4. The Balaban J connectivity index is 1.43. The maximum Gasteiger partial charge on any atom is 0.234 e. The van der Waals surface area contributed by atoms with Gasteiger partial charge in [-0.2, -0.15) is 5.10 Å². The molecule has 2 heterocycles. The number of allylic oxidation sites excluding steroid dienone is 1. The summed E-state index contributed by atoms with van der Waals surface area (Å²) in [5.74, 6) is 1.92. The molecule has 1 amide bonds. The van der Waals surface area contributed by atoms with Crippen molar-refractivity contribution < 1.29 is 4.79 Å². The second kappa shape index (κ2) is 8.61. The molecule has 1 aliphatic heterocycles. The van der Waals surface area contributed by atoms with E-state index in [2.05, 4.69) is 26.4 Å². The first-order chi connectivity index (χ1) is 12.1. The summed E-state index contributed by atoms with van der Waals surface area (Å²) in [4.78, 5) is 19.0. The number of rotatable bonds is 7. The quantitative estimate of drug-likeness (QED) is 0.771. The number of amides is 1. The fourth-order valence-electron chi connectivity index (χ4n) is 3.98. The van der Waals surface area contributed by atoms with Gasteiger partial charge >= 0.3 is 0 Å². The smallest absolute Gasteiger partial charge is 0.234 e. The molecular weight excluding hydrogens is 314 g/mol. The van der Waals surface area contributed by atoms with Gasteiger partial charge in [0.05, 0.1) is 13.1 Å². The number of nitrogens with one attached hydrogen (secondary N) is 1. The highest BCUT2D eigenvalue weighted by atomic mass is 16.2. The van der Waals surface area contributed by atoms with Crippen LogP contribution >= 0.6 is 0 Å². The molecule has 0 saturated carbocycles. The van der Waals surface area contributed by atoms with Gasteiger partial charge < -0.3 is 5.32 Å². The van der Waals surface area contributed by atoms with Crippen LogP contribution in [0.2, 0.25) is 0 Å². The zero-order valence-electron chi connectivity index (χ0n) is 15.6. The van der Waals surface area contributed by atoms with Crippen molar-refractivity contribution in [1.29, 1.82) is 0 Å². The molecule has 1 N–H and O–H groups in total. The number of carbonyl (C=O) groups excluding carboxylic acids is 1. The highest BCUT2D eigenvalue weighted by molar-refractivity contribution is 5.78. The minimum atomic E-state index is 0.148. The van der Waals surface area contributed by atoms with Gasteiger partial charge in [-0.15, -0.1) is 0 Å². The van der Waals surface area contributed by atoms with E-state index in [1.165, 1.54) is 31.3 Å². The van der Waals surface area contributed by atoms with E-state index in [1.807, 2.05) is 18.5 Å². The van der Waals surface area contributed by atoms with Gasteiger partial charge in [0.2, 0.25) is 5.91 Å². The van der Waals surface area contributed by atoms with Crippen molar-refractivity contribution in [2.45, 2.75) is 71.4 Å². The first-order valence-corrected chi connectivity index (χ1v) is 9.68. The molecule has 0 spiro atoms. The van der Waals surface area contributed by atoms with Crippen molar-refractivity contribution >= 4 is 5.91 Å². The van der Waals surface area contributed by atoms with Crippen molar-refractivity contribution in [3.8, 4) is 0 Å². The highest BCUT2D eigenvalue weighted by Gasteiger charge is 2.27. The number of likely N-dealkylation sites (tertiary alicyclic amines) is 1. The van der Waals surface area contributed by atoms with Crippen LogP contribution in [0.3, 0.4) is 0 Å². The van der Waals surface area contributed by atoms with Crippen molar-refractivity contribution in [2.24, 2.45) is 0 Å². The van der Waals surface area contributed by atoms with Gasteiger partial charge in [-0.1, -0.05) is 11.6 Å². The van der Waals surface area contributed by atoms with E-state index in [-0.39, 0.29) is 5.91 Å². The maximum absolute atomic E-state index is 12.3. The lowest BCUT2D eigenvalue weighted by Gasteiger charge is -2.24. The molecule has 1 aliphatic carbocycles. The Morgan fingerprint density at radius 3 is 2.92 bits per heavy atom. The summed E-state index contributed by atoms with van der Waals surface area (Å²) in [5, 5.41) is 7.56. The molecule has 1 atom stereocenters. The molecule has 0 bridgehead atoms. The van der Waals surface area contributed by atoms with Crippen LogP contribution in [-0.2, 0) is 11.3 Å². The monoisotopic (exact) mass is 345 g/mol. The van der Waals surface area contributed by atoms with Gasteiger partial charge in [-0.3, -0.25) is 9.69 Å². The predicted octanol–water partition coefficient (Wildman–Crippen LogP) is 2.37. The number of carbonyl (C=O) groups is 1. The first kappa shape index (κ1) is 18.1. The molecule has 1 aromatic rings. The second-order valence-electron chi connectivity index (χ2n) is 7.36. The minimum Gasteiger partial charge on any atom is -0.355 e. The van der Waals surface area contributed by atoms with E-state index in [4.69, 9.17) is 0 Å². The van der Waals surface area contributed by atoms with Gasteiger partial charge in [0.1, 0.15) is 11.6 Å². The summed E-state index contributed by atoms with van der Waals surface area (Å²) in [6.07, 6.45) is 10.7. The van der Waals surface area contributed by atoms with Gasteiger partial charge in [-0.05, 0) is 65.3 Å². The van der Waals surface area contributed by atoms with Crippen molar-refractivity contribution in [1.82, 2.24) is 25.0 Å². The third-order valence-electron chi connectivity index (χ3n) is 5.35. The van der Waals surface area contributed by atoms with Gasteiger partial charge in [0.25, 0.3) is 0 Å². The van der Waals surface area contributed by atoms with Gasteiger partial charge in [0, 0.05) is 12.6 Å². The lowest BCUT2D eigenvalue weighted by atomic mass is 9.97. The van der Waals surface area contributed by atoms with Crippen LogP contribution < -0.4 is 5.32 Å². The molecule has 1 saturated heterocycles. The second-order valence-corrected chi connectivity index (χ2v) is 7.36. The molecule has 1 aromatic heterocycles. The topological polar surface area (TPSA) is 63.1 Å². The van der Waals surface area contributed by atoms with Crippen molar-refractivity contribution in [3.63, 3.8) is 0 Å². The molecule has 6 heteroatoms. The van der Waals surface area contributed by atoms with Crippen molar-refractivity contribution in [3.05, 3.63) is 23.3 Å². The fourth-order valence-corrected chi connectivity index (χ4v) is 3.98. The first-order valence-electron chi connectivity index (χ1n) is 9.68. The molecule has 138 valence electrons. The predicted molar refractivity (Wildman–Crippen MR) is 98.3 cm³/mol. The number of hydrogen-bond acceptors (Lipinski definition) is 4. The Morgan fingerprint density at radius 2 is 2.20 bits per heavy atom. The van der Waals surface area contributed by atoms with E-state index in [1.54, 1.807) is 0 Å². The van der Waals surface area contributed by atoms with Crippen LogP contribution in [0.15, 0.2) is 11.6 Å². The highest BCUT2D eigenvalue weighted by Crippen LogP contribution is 2.20. The summed E-state index contributed by atoms with van der Waals surface area (Å²) in [6, 6.07) is 0.381. The lowest BCUT2D eigenvalue weighted by molar-refractivity contribution is -0.122. The lowest BCUT2D eigenvalue weighted by Crippen LogP contribution is -2.41. The Morgan fingerprint density at radius 1 is 1.32 bits per heavy atom. The van der Waals surface area contributed by atoms with Crippen LogP contribution in [0.4, 0.5) is 0 Å². The molecule has 0 aromatic carbocycles. The molecule has 0 unspecified atom stereocenters. The molecule has 3 rings (SSSR count). The average Bonchev–Trinajstić information content (AvgIpc) is 3.15. The Hall–Kier alpha value is -1.69. The fraction of sp³-hybridized carbons (Fsp3) is 0.737. The van der Waals surface area contributed by atoms with E-state index in [0.717, 1.165) is 50.5 Å². The van der Waals surface area contributed by atoms with Crippen LogP contribution in [0.5, 0.6) is 0 Å². The number of aromatic nitrogens is 3. The zero-order valence-corrected chi connectivity index (χ0v) is 15.6. The van der Waals surface area contributed by atoms with E-state index < -0.39 is 0 Å². The standard InChI is InChI=1S/C19H31N5O/c1-15-21-16(2)24(22-15)13-18-9-6-12-23(18)14-19(25)20-11-10-17-7-4-3-5-8-17/h7,18H,3-6,8-14H2,1-2H3,(H,20,25)/t18-/m0/s1. The summed E-state index contributed by atoms with van der Waals surface area (Å²) in [5.41, 5.74) is 1.52. The minimum absolute atomic E-state index is 0.148. The average molecular weight is 345 g/mol. The van der Waals surface area contributed by atoms with Gasteiger partial charge in [-0.25, -0.2) is 9.67 Å². The number of aryl methyl sites for hydroxylation is 2. The Labute approximate surface area is 150 Å². The molecule has 1 fully saturated rings. The van der Waals surface area contributed by atoms with Gasteiger partial charge in [0.15, 0.2) is 0 Å². The maximum atomic E-state index is 12.3. The summed E-state index contributed by atoms with van der Waals surface area (Å²) in [7, 11) is 0. The van der Waals surface area contributed by atoms with E-state index in [0.29, 0.717) is 12.6 Å². The molecule has 6 nitrogen and oxygen atoms in total. The molecular formula is C19H31N5O. The number of hydrogen-bond donors (Lipinski definition) is 1. The Bertz CT molecular complexity index is 621. The SMILES string of the molecule is Cc1nc(C)n(C[C@@H]2CCCN2CC(=O)NCCC2=CCCCC2)n1. The molecule has 0 radical (unpaired) electrons. The normalized spacial score (nSPS) is 21.4. The van der Waals surface area contributed by atoms with E-state index in [9.17, 15) is 4.79 Å². The summed E-state index contributed by atoms with van der Waals surface area (Å²) >= 11 is 0. The summed E-state index contributed by atoms with van der Waals surface area (Å²) in [6.45, 7) is 7.00. The summed E-state index contributed by atoms with van der Waals surface area (Å²) < 4.78 is 1.98. The van der Waals surface area contributed by atoms with Crippen LogP contribution in [-0.4, -0.2) is 51.2 Å².